The number of aliphatic carboxylic acids is 1. The Balaban J connectivity index is 4.20. The summed E-state index contributed by atoms with van der Waals surface area (Å²) in [5.74, 6) is -25.2. The number of unbranched alkanes of at least 4 members (excludes halogenated alkanes) is 4. The van der Waals surface area contributed by atoms with Gasteiger partial charge in [-0.05, 0) is 131 Å². The van der Waals surface area contributed by atoms with Gasteiger partial charge in [0.05, 0.1) is 12.5 Å². The number of aliphatic hydroxyl groups excluding tert-OH is 1. The standard InChI is InChI=1S/C86H148N18O23/c1-18-20-21-22-23-24-25-26-52(105)42-68(110)91-58(37-44(3)4)78(118)96-57(31-36-69(111)112)73(113)92-55(29-34-66(89)108)76(116)102-70(49(13)14)84(124)99-61(40-47(9)10)81(121)94-54(28-33-65(88)107)75(115)101-63-43-127-86(126)72(51(17)19-2)104-77(117)56(30-35-67(90)109)95-79(119)59(38-45(5)6)97-74(114)53(27-32-64(87)106)93-80(120)60(39-46(7)8)98-82(122)62(41-48(11)12)100-85(125)71(50(15)16)103-83(63)123/h24-25,44-63,70-72,105H,18-23,26-43H2,1-17H3,(H2,87,106)(H2,88,107)(H2,89,108)(H2,90,109)(H,91,110)(H,92,113)(H,93,120)(H,94,121)(H,95,119)(H,96,118)(H,97,114)(H,98,122)(H,99,124)(H,100,125)(H,101,115)(H,102,116)(H,103,123)(H,104,117)(H,111,112)/b25-24+. The summed E-state index contributed by atoms with van der Waals surface area (Å²) in [5.41, 5.74) is 22.2. The summed E-state index contributed by atoms with van der Waals surface area (Å²) in [5, 5.41) is 56.1. The second-order valence-electron chi connectivity index (χ2n) is 35.7. The summed E-state index contributed by atoms with van der Waals surface area (Å²) in [4.78, 5) is 280. The molecule has 41 nitrogen and oxygen atoms in total. The van der Waals surface area contributed by atoms with Gasteiger partial charge >= 0.3 is 11.9 Å². The van der Waals surface area contributed by atoms with E-state index in [1.165, 1.54) is 34.6 Å². The molecule has 1 fully saturated rings. The number of primary amides is 4. The topological polar surface area (TPSA) is 664 Å². The van der Waals surface area contributed by atoms with Crippen LogP contribution in [0.15, 0.2) is 12.2 Å². The number of cyclic esters (lactones) is 1. The van der Waals surface area contributed by atoms with E-state index in [4.69, 9.17) is 27.7 Å². The lowest BCUT2D eigenvalue weighted by Crippen LogP contribution is -2.62. The lowest BCUT2D eigenvalue weighted by atomic mass is 9.98. The van der Waals surface area contributed by atoms with Gasteiger partial charge in [0.25, 0.3) is 0 Å². The van der Waals surface area contributed by atoms with Crippen LogP contribution < -0.4 is 97.4 Å². The van der Waals surface area contributed by atoms with Crippen molar-refractivity contribution in [3.8, 4) is 0 Å². The van der Waals surface area contributed by atoms with Gasteiger partial charge in [0.1, 0.15) is 91.2 Å². The molecule has 0 aromatic rings. The highest BCUT2D eigenvalue weighted by atomic mass is 16.5. The van der Waals surface area contributed by atoms with Crippen LogP contribution in [0.5, 0.6) is 0 Å². The molecule has 18 amide bonds. The number of nitrogens with two attached hydrogens (primary N) is 4. The summed E-state index contributed by atoms with van der Waals surface area (Å²) < 4.78 is 5.80. The molecule has 16 atom stereocenters. The van der Waals surface area contributed by atoms with E-state index in [9.17, 15) is 96.5 Å². The van der Waals surface area contributed by atoms with Crippen LogP contribution in [0.2, 0.25) is 0 Å². The molecule has 0 radical (unpaired) electrons. The monoisotopic (exact) mass is 1800 g/mol. The molecule has 127 heavy (non-hydrogen) atoms. The summed E-state index contributed by atoms with van der Waals surface area (Å²) in [6.45, 7) is 27.2. The lowest BCUT2D eigenvalue weighted by molar-refractivity contribution is -0.152. The molecule has 1 aliphatic rings. The van der Waals surface area contributed by atoms with Crippen molar-refractivity contribution >= 4 is 118 Å². The fraction of sp³-hybridized carbons (Fsp3) is 0.744. The molecule has 0 aliphatic carbocycles. The number of esters is 1. The highest BCUT2D eigenvalue weighted by Gasteiger charge is 2.42. The van der Waals surface area contributed by atoms with E-state index in [0.29, 0.717) is 0 Å². The number of carbonyl (C=O) groups excluding carboxylic acids is 19. The fourth-order valence-corrected chi connectivity index (χ4v) is 13.5. The Labute approximate surface area is 745 Å². The van der Waals surface area contributed by atoms with Gasteiger partial charge in [-0.15, -0.1) is 0 Å². The summed E-state index contributed by atoms with van der Waals surface area (Å²) >= 11 is 0. The molecule has 1 aliphatic heterocycles. The van der Waals surface area contributed by atoms with E-state index in [2.05, 4.69) is 81.4 Å². The Bertz CT molecular complexity index is 3720. The van der Waals surface area contributed by atoms with Gasteiger partial charge in [0, 0.05) is 32.1 Å². The second kappa shape index (κ2) is 59.2. The minimum atomic E-state index is -2.10. The molecule has 1 heterocycles. The van der Waals surface area contributed by atoms with E-state index in [1.54, 1.807) is 82.2 Å². The number of nitrogens with one attached hydrogen (secondary N) is 14. The zero-order valence-corrected chi connectivity index (χ0v) is 77.2. The first kappa shape index (κ1) is 114. The molecule has 0 saturated carbocycles. The Kier molecular flexibility index (Phi) is 53.2. The smallest absolute Gasteiger partial charge is 0.329 e. The van der Waals surface area contributed by atoms with E-state index < -0.39 is 303 Å². The third-order valence-electron chi connectivity index (χ3n) is 20.8. The lowest BCUT2D eigenvalue weighted by Gasteiger charge is -2.30. The molecular formula is C86H148N18O23. The fourth-order valence-electron chi connectivity index (χ4n) is 13.5. The normalized spacial score (nSPS) is 20.5. The number of carboxylic acid groups (broad SMARTS) is 1. The number of carbonyl (C=O) groups is 20. The first-order valence-electron chi connectivity index (χ1n) is 44.4. The van der Waals surface area contributed by atoms with Gasteiger partial charge in [-0.25, -0.2) is 4.79 Å². The molecule has 0 aromatic heterocycles. The molecule has 0 aromatic carbocycles. The summed E-state index contributed by atoms with van der Waals surface area (Å²) in [6, 6.07) is -23.0. The molecule has 0 bridgehead atoms. The minimum absolute atomic E-state index is 0.0219. The second-order valence-corrected chi connectivity index (χ2v) is 35.7. The maximum atomic E-state index is 15.1. The first-order chi connectivity index (χ1) is 59.3. The molecule has 720 valence electrons. The molecule has 24 N–H and O–H groups in total. The third-order valence-corrected chi connectivity index (χ3v) is 20.8. The first-order valence-corrected chi connectivity index (χ1v) is 44.4. The van der Waals surface area contributed by atoms with Gasteiger partial charge in [0.2, 0.25) is 106 Å². The minimum Gasteiger partial charge on any atom is -0.481 e. The van der Waals surface area contributed by atoms with E-state index in [1.807, 2.05) is 6.08 Å². The van der Waals surface area contributed by atoms with Crippen LogP contribution in [-0.4, -0.2) is 226 Å². The zero-order valence-electron chi connectivity index (χ0n) is 77.2. The highest BCUT2D eigenvalue weighted by Crippen LogP contribution is 2.19. The SMILES string of the molecule is CCCCCC/C=C/CC(O)CC(=O)NC(CC(C)C)C(=O)NC(CCC(=O)O)C(=O)NC(CCC(N)=O)C(=O)NC(C(=O)NC(CC(C)C)C(=O)NC(CCC(N)=O)C(=O)NC1COC(=O)C(C(C)CC)NC(=O)C(CCC(N)=O)NC(=O)C(CC(C)C)NC(=O)C(CCC(N)=O)NC(=O)C(CC(C)C)NC(=O)C(CC(C)C)NC(=O)C(C(C)C)NC1=O)C(C)C. The van der Waals surface area contributed by atoms with Crippen molar-refractivity contribution < 1.29 is 111 Å². The molecule has 16 unspecified atom stereocenters. The number of rotatable bonds is 51. The van der Waals surface area contributed by atoms with Crippen LogP contribution in [-0.2, 0) is 101 Å². The number of amides is 18. The van der Waals surface area contributed by atoms with Crippen LogP contribution >= 0.6 is 0 Å². The molecule has 1 saturated heterocycles. The van der Waals surface area contributed by atoms with Crippen LogP contribution in [0.1, 0.15) is 265 Å². The summed E-state index contributed by atoms with van der Waals surface area (Å²) in [6.07, 6.45) is 1.50. The predicted octanol–water partition coefficient (Wildman–Crippen LogP) is -0.486. The van der Waals surface area contributed by atoms with E-state index >= 15 is 9.59 Å². The average molecular weight is 1800 g/mol. The Hall–Kier alpha value is -10.9. The zero-order chi connectivity index (χ0) is 96.8. The number of hydrogen-bond acceptors (Lipinski definition) is 22. The quantitative estimate of drug-likeness (QED) is 0.0208. The number of ether oxygens (including phenoxy) is 1. The number of carboxylic acids is 1. The van der Waals surface area contributed by atoms with Crippen molar-refractivity contribution in [2.45, 2.75) is 356 Å². The van der Waals surface area contributed by atoms with Crippen molar-refractivity contribution in [2.75, 3.05) is 6.61 Å². The predicted molar refractivity (Wildman–Crippen MR) is 468 cm³/mol. The van der Waals surface area contributed by atoms with E-state index in [-0.39, 0.29) is 75.0 Å². The van der Waals surface area contributed by atoms with Crippen LogP contribution in [0.3, 0.4) is 0 Å². The molecule has 41 heteroatoms. The van der Waals surface area contributed by atoms with Crippen molar-refractivity contribution in [3.63, 3.8) is 0 Å². The third kappa shape index (κ3) is 46.4. The van der Waals surface area contributed by atoms with Crippen molar-refractivity contribution in [3.05, 3.63) is 12.2 Å². The molecule has 0 spiro atoms. The van der Waals surface area contributed by atoms with Gasteiger partial charge in [-0.2, -0.15) is 0 Å². The Morgan fingerprint density at radius 1 is 0.425 bits per heavy atom. The molecule has 1 rings (SSSR count). The number of hydrogen-bond donors (Lipinski definition) is 20. The number of aliphatic hydroxyl groups is 1. The van der Waals surface area contributed by atoms with Crippen molar-refractivity contribution in [2.24, 2.45) is 70.3 Å². The maximum Gasteiger partial charge on any atom is 0.329 e. The van der Waals surface area contributed by atoms with Gasteiger partial charge < -0.3 is 112 Å². The number of allylic oxidation sites excluding steroid dienone is 1. The Morgan fingerprint density at radius 3 is 1.22 bits per heavy atom. The van der Waals surface area contributed by atoms with Crippen LogP contribution in [0.4, 0.5) is 0 Å². The Morgan fingerprint density at radius 2 is 0.811 bits per heavy atom. The largest absolute Gasteiger partial charge is 0.481 e. The van der Waals surface area contributed by atoms with Crippen molar-refractivity contribution in [1.29, 1.82) is 0 Å². The van der Waals surface area contributed by atoms with Crippen LogP contribution in [0.25, 0.3) is 0 Å². The van der Waals surface area contributed by atoms with E-state index in [0.717, 1.165) is 32.1 Å². The van der Waals surface area contributed by atoms with Crippen molar-refractivity contribution in [1.82, 2.24) is 74.4 Å². The van der Waals surface area contributed by atoms with Gasteiger partial charge in [0.15, 0.2) is 0 Å². The maximum absolute atomic E-state index is 15.1. The van der Waals surface area contributed by atoms with Gasteiger partial charge in [-0.3, -0.25) is 91.1 Å². The average Bonchev–Trinajstić information content (AvgIpc) is 1.25. The highest BCUT2D eigenvalue weighted by molar-refractivity contribution is 6.01. The van der Waals surface area contributed by atoms with Crippen LogP contribution in [0, 0.1) is 47.3 Å². The van der Waals surface area contributed by atoms with Gasteiger partial charge in [-0.1, -0.05) is 156 Å². The summed E-state index contributed by atoms with van der Waals surface area (Å²) in [7, 11) is 0. The molecular weight excluding hydrogens is 1650 g/mol.